The summed E-state index contributed by atoms with van der Waals surface area (Å²) in [7, 11) is -3.62. The van der Waals surface area contributed by atoms with Crippen LogP contribution in [-0.4, -0.2) is 42.7 Å². The van der Waals surface area contributed by atoms with E-state index in [-0.39, 0.29) is 29.1 Å². The highest BCUT2D eigenvalue weighted by Crippen LogP contribution is 2.20. The van der Waals surface area contributed by atoms with E-state index in [1.807, 2.05) is 6.07 Å². The summed E-state index contributed by atoms with van der Waals surface area (Å²) < 4.78 is 26.0. The first-order valence-electron chi connectivity index (χ1n) is 6.07. The second kappa shape index (κ2) is 5.56. The molecule has 106 valence electrons. The summed E-state index contributed by atoms with van der Waals surface area (Å²) >= 11 is 0. The van der Waals surface area contributed by atoms with E-state index in [0.717, 1.165) is 0 Å². The second-order valence-electron chi connectivity index (χ2n) is 4.54. The van der Waals surface area contributed by atoms with E-state index in [1.54, 1.807) is 0 Å². The van der Waals surface area contributed by atoms with Crippen molar-refractivity contribution in [1.29, 1.82) is 5.26 Å². The smallest absolute Gasteiger partial charge is 0.244 e. The molecule has 0 aromatic carbocycles. The van der Waals surface area contributed by atoms with Crippen molar-refractivity contribution in [2.24, 2.45) is 0 Å². The van der Waals surface area contributed by atoms with Gasteiger partial charge in [0.1, 0.15) is 16.7 Å². The number of hydrogen-bond donors (Lipinski definition) is 1. The molecule has 2 rings (SSSR count). The highest BCUT2D eigenvalue weighted by atomic mass is 32.2. The van der Waals surface area contributed by atoms with E-state index in [9.17, 15) is 13.2 Å². The number of nitrogens with zero attached hydrogens (tertiary/aromatic N) is 3. The van der Waals surface area contributed by atoms with E-state index >= 15 is 0 Å². The van der Waals surface area contributed by atoms with Gasteiger partial charge in [-0.15, -0.1) is 0 Å². The molecule has 1 unspecified atom stereocenters. The lowest BCUT2D eigenvalue weighted by Crippen LogP contribution is -2.37. The van der Waals surface area contributed by atoms with Gasteiger partial charge in [-0.3, -0.25) is 4.79 Å². The number of nitriles is 1. The van der Waals surface area contributed by atoms with Gasteiger partial charge in [0.05, 0.1) is 0 Å². The zero-order valence-corrected chi connectivity index (χ0v) is 11.7. The molecule has 0 radical (unpaired) electrons. The number of carbonyl (C=O) groups excluding carboxylic acids is 1. The molecule has 1 N–H and O–H groups in total. The Morgan fingerprint density at radius 3 is 2.85 bits per heavy atom. The van der Waals surface area contributed by atoms with Gasteiger partial charge in [-0.2, -0.15) is 9.57 Å². The Bertz CT molecular complexity index is 648. The van der Waals surface area contributed by atoms with Gasteiger partial charge in [-0.1, -0.05) is 0 Å². The first kappa shape index (κ1) is 14.4. The molecule has 0 spiro atoms. The van der Waals surface area contributed by atoms with Gasteiger partial charge in [-0.25, -0.2) is 13.4 Å². The van der Waals surface area contributed by atoms with Gasteiger partial charge in [0, 0.05) is 32.3 Å². The lowest BCUT2D eigenvalue weighted by atomic mass is 10.3. The molecule has 1 fully saturated rings. The summed E-state index contributed by atoms with van der Waals surface area (Å²) in [5.74, 6) is -0.172. The first-order chi connectivity index (χ1) is 9.43. The lowest BCUT2D eigenvalue weighted by molar-refractivity contribution is -0.119. The van der Waals surface area contributed by atoms with E-state index in [2.05, 4.69) is 10.3 Å². The van der Waals surface area contributed by atoms with Crippen LogP contribution in [0.4, 0.5) is 0 Å². The van der Waals surface area contributed by atoms with Crippen LogP contribution in [0, 0.1) is 11.3 Å². The van der Waals surface area contributed by atoms with Gasteiger partial charge >= 0.3 is 0 Å². The van der Waals surface area contributed by atoms with Crippen molar-refractivity contribution in [2.75, 3.05) is 13.1 Å². The standard InChI is InChI=1S/C12H14N4O3S/c1-9(17)15-11-4-5-16(8-11)20(18,19)12-3-2-10(6-13)14-7-12/h2-3,7,11H,4-5,8H2,1H3,(H,15,17). The van der Waals surface area contributed by atoms with Gasteiger partial charge < -0.3 is 5.32 Å². The van der Waals surface area contributed by atoms with E-state index < -0.39 is 10.0 Å². The maximum atomic E-state index is 12.4. The summed E-state index contributed by atoms with van der Waals surface area (Å²) in [6.07, 6.45) is 1.77. The molecule has 1 aromatic heterocycles. The van der Waals surface area contributed by atoms with Crippen molar-refractivity contribution in [1.82, 2.24) is 14.6 Å². The molecule has 7 nitrogen and oxygen atoms in total. The molecule has 8 heteroatoms. The van der Waals surface area contributed by atoms with Gasteiger partial charge in [0.15, 0.2) is 0 Å². The van der Waals surface area contributed by atoms with Gasteiger partial charge in [-0.05, 0) is 18.6 Å². The van der Waals surface area contributed by atoms with Crippen molar-refractivity contribution >= 4 is 15.9 Å². The second-order valence-corrected chi connectivity index (χ2v) is 6.48. The van der Waals surface area contributed by atoms with E-state index in [0.29, 0.717) is 13.0 Å². The summed E-state index contributed by atoms with van der Waals surface area (Å²) in [4.78, 5) is 14.8. The Kier molecular flexibility index (Phi) is 4.01. The maximum Gasteiger partial charge on any atom is 0.244 e. The highest BCUT2D eigenvalue weighted by Gasteiger charge is 2.32. The number of hydrogen-bond acceptors (Lipinski definition) is 5. The molecule has 1 amide bonds. The number of nitrogens with one attached hydrogen (secondary N) is 1. The van der Waals surface area contributed by atoms with Crippen LogP contribution in [0.1, 0.15) is 19.0 Å². The third kappa shape index (κ3) is 2.95. The Morgan fingerprint density at radius 2 is 2.30 bits per heavy atom. The molecule has 1 saturated heterocycles. The minimum atomic E-state index is -3.62. The summed E-state index contributed by atoms with van der Waals surface area (Å²) in [6, 6.07) is 4.42. The molecule has 0 saturated carbocycles. The number of rotatable bonds is 3. The fraction of sp³-hybridized carbons (Fsp3) is 0.417. The molecule has 1 aliphatic rings. The third-order valence-electron chi connectivity index (χ3n) is 3.05. The molecular formula is C12H14N4O3S. The minimum Gasteiger partial charge on any atom is -0.352 e. The van der Waals surface area contributed by atoms with Crippen LogP contribution in [0.3, 0.4) is 0 Å². The molecule has 1 atom stereocenters. The van der Waals surface area contributed by atoms with Gasteiger partial charge in [0.2, 0.25) is 15.9 Å². The van der Waals surface area contributed by atoms with E-state index in [1.165, 1.54) is 29.6 Å². The predicted molar refractivity (Wildman–Crippen MR) is 69.9 cm³/mol. The van der Waals surface area contributed by atoms with Crippen LogP contribution in [0.5, 0.6) is 0 Å². The topological polar surface area (TPSA) is 103 Å². The lowest BCUT2D eigenvalue weighted by Gasteiger charge is -2.16. The van der Waals surface area contributed by atoms with Crippen LogP contribution >= 0.6 is 0 Å². The minimum absolute atomic E-state index is 0.0555. The number of amides is 1. The van der Waals surface area contributed by atoms with Crippen molar-refractivity contribution in [3.8, 4) is 6.07 Å². The Balaban J connectivity index is 2.15. The zero-order chi connectivity index (χ0) is 14.8. The van der Waals surface area contributed by atoms with Crippen LogP contribution in [-0.2, 0) is 14.8 Å². The quantitative estimate of drug-likeness (QED) is 0.835. The van der Waals surface area contributed by atoms with Crippen molar-refractivity contribution in [3.63, 3.8) is 0 Å². The normalized spacial score (nSPS) is 19.5. The largest absolute Gasteiger partial charge is 0.352 e. The molecule has 1 aromatic rings. The summed E-state index contributed by atoms with van der Waals surface area (Å²) in [5, 5.41) is 11.4. The number of sulfonamides is 1. The Hall–Kier alpha value is -1.98. The first-order valence-corrected chi connectivity index (χ1v) is 7.51. The molecular weight excluding hydrogens is 280 g/mol. The molecule has 0 aliphatic carbocycles. The zero-order valence-electron chi connectivity index (χ0n) is 10.9. The summed E-state index contributed by atoms with van der Waals surface area (Å²) in [6.45, 7) is 2.01. The molecule has 1 aliphatic heterocycles. The third-order valence-corrected chi connectivity index (χ3v) is 4.90. The fourth-order valence-corrected chi connectivity index (χ4v) is 3.55. The average molecular weight is 294 g/mol. The Morgan fingerprint density at radius 1 is 1.55 bits per heavy atom. The van der Waals surface area contributed by atoms with Crippen molar-refractivity contribution < 1.29 is 13.2 Å². The van der Waals surface area contributed by atoms with E-state index in [4.69, 9.17) is 5.26 Å². The monoisotopic (exact) mass is 294 g/mol. The number of aromatic nitrogens is 1. The van der Waals surface area contributed by atoms with Crippen LogP contribution < -0.4 is 5.32 Å². The molecule has 2 heterocycles. The Labute approximate surface area is 117 Å². The SMILES string of the molecule is CC(=O)NC1CCN(S(=O)(=O)c2ccc(C#N)nc2)C1. The highest BCUT2D eigenvalue weighted by molar-refractivity contribution is 7.89. The predicted octanol–water partition coefficient (Wildman–Crippen LogP) is -0.148. The van der Waals surface area contributed by atoms with Crippen LogP contribution in [0.2, 0.25) is 0 Å². The van der Waals surface area contributed by atoms with Gasteiger partial charge in [0.25, 0.3) is 0 Å². The average Bonchev–Trinajstić information content (AvgIpc) is 2.87. The van der Waals surface area contributed by atoms with Crippen LogP contribution in [0.25, 0.3) is 0 Å². The molecule has 20 heavy (non-hydrogen) atoms. The number of pyridine rings is 1. The maximum absolute atomic E-state index is 12.4. The molecule has 0 bridgehead atoms. The van der Waals surface area contributed by atoms with Crippen molar-refractivity contribution in [2.45, 2.75) is 24.3 Å². The summed E-state index contributed by atoms with van der Waals surface area (Å²) in [5.41, 5.74) is 0.168. The van der Waals surface area contributed by atoms with Crippen LogP contribution in [0.15, 0.2) is 23.2 Å². The van der Waals surface area contributed by atoms with Crippen molar-refractivity contribution in [3.05, 3.63) is 24.0 Å². The number of carbonyl (C=O) groups is 1. The fourth-order valence-electron chi connectivity index (χ4n) is 2.10.